The number of rotatable bonds is 4. The highest BCUT2D eigenvalue weighted by atomic mass is 16.4. The van der Waals surface area contributed by atoms with Crippen molar-refractivity contribution in [1.82, 2.24) is 0 Å². The summed E-state index contributed by atoms with van der Waals surface area (Å²) in [6.07, 6.45) is 0.539. The van der Waals surface area contributed by atoms with Crippen LogP contribution in [0, 0.1) is 0 Å². The number of aliphatic carboxylic acids is 1. The first-order valence-electron chi connectivity index (χ1n) is 6.63. The van der Waals surface area contributed by atoms with Crippen LogP contribution in [0.1, 0.15) is 11.1 Å². The Morgan fingerprint density at radius 2 is 2.00 bits per heavy atom. The smallest absolute Gasteiger partial charge is 0.326 e. The van der Waals surface area contributed by atoms with E-state index in [-0.39, 0.29) is 0 Å². The van der Waals surface area contributed by atoms with Gasteiger partial charge in [0.05, 0.1) is 0 Å². The Balaban J connectivity index is 1.76. The van der Waals surface area contributed by atoms with Crippen LogP contribution in [0.2, 0.25) is 0 Å². The maximum Gasteiger partial charge on any atom is 0.326 e. The molecule has 0 aliphatic carbocycles. The zero-order valence-corrected chi connectivity index (χ0v) is 11.0. The Kier molecular flexibility index (Phi) is 3.29. The molecule has 3 rings (SSSR count). The van der Waals surface area contributed by atoms with Crippen molar-refractivity contribution in [2.24, 2.45) is 0 Å². The van der Waals surface area contributed by atoms with Gasteiger partial charge in [0.25, 0.3) is 0 Å². The van der Waals surface area contributed by atoms with Crippen LogP contribution in [-0.4, -0.2) is 17.1 Å². The van der Waals surface area contributed by atoms with Crippen molar-refractivity contribution in [3.05, 3.63) is 59.7 Å². The van der Waals surface area contributed by atoms with Crippen molar-refractivity contribution >= 4 is 17.3 Å². The first-order valence-corrected chi connectivity index (χ1v) is 6.63. The van der Waals surface area contributed by atoms with E-state index in [9.17, 15) is 4.79 Å². The van der Waals surface area contributed by atoms with E-state index in [4.69, 9.17) is 5.11 Å². The molecule has 0 saturated carbocycles. The number of nitrogens with one attached hydrogen (secondary N) is 2. The molecule has 0 amide bonds. The number of hydrogen-bond acceptors (Lipinski definition) is 3. The van der Waals surface area contributed by atoms with Crippen LogP contribution in [0.3, 0.4) is 0 Å². The van der Waals surface area contributed by atoms with Crippen LogP contribution < -0.4 is 10.6 Å². The predicted octanol–water partition coefficient (Wildman–Crippen LogP) is 2.72. The molecule has 1 aliphatic rings. The van der Waals surface area contributed by atoms with Crippen molar-refractivity contribution in [2.45, 2.75) is 19.0 Å². The second-order valence-electron chi connectivity index (χ2n) is 4.90. The van der Waals surface area contributed by atoms with Crippen LogP contribution in [0.4, 0.5) is 11.4 Å². The maximum atomic E-state index is 11.1. The van der Waals surface area contributed by atoms with E-state index >= 15 is 0 Å². The molecule has 1 atom stereocenters. The summed E-state index contributed by atoms with van der Waals surface area (Å²) < 4.78 is 0. The number of carboxylic acid groups (broad SMARTS) is 1. The van der Waals surface area contributed by atoms with Crippen molar-refractivity contribution < 1.29 is 9.90 Å². The zero-order valence-electron chi connectivity index (χ0n) is 11.0. The van der Waals surface area contributed by atoms with Gasteiger partial charge in [0.15, 0.2) is 0 Å². The molecular formula is C16H16N2O2. The predicted molar refractivity (Wildman–Crippen MR) is 79.0 cm³/mol. The highest BCUT2D eigenvalue weighted by Gasteiger charge is 2.27. The molecular weight excluding hydrogens is 252 g/mol. The molecule has 2 aromatic rings. The summed E-state index contributed by atoms with van der Waals surface area (Å²) in [5, 5.41) is 15.5. The third-order valence-corrected chi connectivity index (χ3v) is 3.57. The Morgan fingerprint density at radius 3 is 2.75 bits per heavy atom. The van der Waals surface area contributed by atoms with E-state index in [2.05, 4.69) is 10.6 Å². The minimum absolute atomic E-state index is 0.511. The van der Waals surface area contributed by atoms with Gasteiger partial charge in [-0.1, -0.05) is 30.3 Å². The molecule has 0 spiro atoms. The monoisotopic (exact) mass is 268 g/mol. The topological polar surface area (TPSA) is 61.4 Å². The standard InChI is InChI=1S/C16H16N2O2/c19-16(20)15-9-13-11(5-4-8-14(13)18-15)10-17-12-6-2-1-3-7-12/h1-8,15,17-18H,9-10H2,(H,19,20). The van der Waals surface area contributed by atoms with Gasteiger partial charge >= 0.3 is 5.97 Å². The lowest BCUT2D eigenvalue weighted by Gasteiger charge is -2.10. The molecule has 2 aromatic carbocycles. The number of fused-ring (bicyclic) bond motifs is 1. The van der Waals surface area contributed by atoms with Gasteiger partial charge in [0.2, 0.25) is 0 Å². The highest BCUT2D eigenvalue weighted by molar-refractivity contribution is 5.81. The fourth-order valence-corrected chi connectivity index (χ4v) is 2.52. The fourth-order valence-electron chi connectivity index (χ4n) is 2.52. The van der Waals surface area contributed by atoms with Gasteiger partial charge in [-0.25, -0.2) is 4.79 Å². The molecule has 1 unspecified atom stereocenters. The minimum atomic E-state index is -0.803. The second kappa shape index (κ2) is 5.25. The lowest BCUT2D eigenvalue weighted by Crippen LogP contribution is -2.26. The molecule has 20 heavy (non-hydrogen) atoms. The van der Waals surface area contributed by atoms with Crippen molar-refractivity contribution in [1.29, 1.82) is 0 Å². The molecule has 4 heteroatoms. The molecule has 1 heterocycles. The Bertz CT molecular complexity index is 626. The van der Waals surface area contributed by atoms with Crippen LogP contribution in [0.15, 0.2) is 48.5 Å². The third kappa shape index (κ3) is 2.45. The lowest BCUT2D eigenvalue weighted by atomic mass is 10.0. The molecule has 0 fully saturated rings. The van der Waals surface area contributed by atoms with Crippen molar-refractivity contribution in [2.75, 3.05) is 10.6 Å². The summed E-state index contributed by atoms with van der Waals surface area (Å²) in [5.41, 5.74) is 4.24. The average Bonchev–Trinajstić information content (AvgIpc) is 2.91. The summed E-state index contributed by atoms with van der Waals surface area (Å²) >= 11 is 0. The van der Waals surface area contributed by atoms with E-state index < -0.39 is 12.0 Å². The van der Waals surface area contributed by atoms with Gasteiger partial charge < -0.3 is 15.7 Å². The van der Waals surface area contributed by atoms with Gasteiger partial charge in [-0.15, -0.1) is 0 Å². The molecule has 0 saturated heterocycles. The van der Waals surface area contributed by atoms with E-state index in [1.54, 1.807) is 0 Å². The van der Waals surface area contributed by atoms with E-state index in [1.807, 2.05) is 48.5 Å². The number of benzene rings is 2. The normalized spacial score (nSPS) is 16.3. The Labute approximate surface area is 117 Å². The summed E-state index contributed by atoms with van der Waals surface area (Å²) in [4.78, 5) is 11.1. The average molecular weight is 268 g/mol. The quantitative estimate of drug-likeness (QED) is 0.798. The molecule has 3 N–H and O–H groups in total. The molecule has 0 aromatic heterocycles. The first kappa shape index (κ1) is 12.5. The number of para-hydroxylation sites is 1. The van der Waals surface area contributed by atoms with E-state index in [1.165, 1.54) is 0 Å². The summed E-state index contributed by atoms with van der Waals surface area (Å²) in [5.74, 6) is -0.803. The molecule has 1 aliphatic heterocycles. The molecule has 4 nitrogen and oxygen atoms in total. The SMILES string of the molecule is O=C(O)C1Cc2c(CNc3ccccc3)cccc2N1. The zero-order chi connectivity index (χ0) is 13.9. The van der Waals surface area contributed by atoms with Gasteiger partial charge in [-0.05, 0) is 29.3 Å². The van der Waals surface area contributed by atoms with Gasteiger partial charge in [0.1, 0.15) is 6.04 Å². The summed E-state index contributed by atoms with van der Waals surface area (Å²) in [6.45, 7) is 0.696. The number of carbonyl (C=O) groups is 1. The highest BCUT2D eigenvalue weighted by Crippen LogP contribution is 2.29. The molecule has 0 radical (unpaired) electrons. The molecule has 102 valence electrons. The number of carboxylic acids is 1. The lowest BCUT2D eigenvalue weighted by molar-refractivity contribution is -0.137. The summed E-state index contributed by atoms with van der Waals surface area (Å²) in [7, 11) is 0. The minimum Gasteiger partial charge on any atom is -0.480 e. The maximum absolute atomic E-state index is 11.1. The van der Waals surface area contributed by atoms with Gasteiger partial charge in [-0.2, -0.15) is 0 Å². The van der Waals surface area contributed by atoms with E-state index in [0.29, 0.717) is 13.0 Å². The third-order valence-electron chi connectivity index (χ3n) is 3.57. The van der Waals surface area contributed by atoms with Crippen LogP contribution in [0.5, 0.6) is 0 Å². The van der Waals surface area contributed by atoms with Crippen molar-refractivity contribution in [3.63, 3.8) is 0 Å². The first-order chi connectivity index (χ1) is 9.74. The second-order valence-corrected chi connectivity index (χ2v) is 4.90. The summed E-state index contributed by atoms with van der Waals surface area (Å²) in [6, 6.07) is 15.4. The largest absolute Gasteiger partial charge is 0.480 e. The molecule has 0 bridgehead atoms. The van der Waals surface area contributed by atoms with Crippen LogP contribution in [-0.2, 0) is 17.8 Å². The Hall–Kier alpha value is -2.49. The van der Waals surface area contributed by atoms with Crippen LogP contribution >= 0.6 is 0 Å². The number of anilines is 2. The van der Waals surface area contributed by atoms with Gasteiger partial charge in [-0.3, -0.25) is 0 Å². The van der Waals surface area contributed by atoms with Gasteiger partial charge in [0, 0.05) is 24.3 Å². The fraction of sp³-hybridized carbons (Fsp3) is 0.188. The van der Waals surface area contributed by atoms with Crippen LogP contribution in [0.25, 0.3) is 0 Å². The van der Waals surface area contributed by atoms with E-state index in [0.717, 1.165) is 22.5 Å². The number of hydrogen-bond donors (Lipinski definition) is 3. The van der Waals surface area contributed by atoms with Crippen molar-refractivity contribution in [3.8, 4) is 0 Å². The Morgan fingerprint density at radius 1 is 1.20 bits per heavy atom.